The van der Waals surface area contributed by atoms with E-state index in [2.05, 4.69) is 26.6 Å². The maximum Gasteiger partial charge on any atom is 0.437 e. The van der Waals surface area contributed by atoms with Gasteiger partial charge < -0.3 is 29.9 Å². The highest BCUT2D eigenvalue weighted by Crippen LogP contribution is 2.28. The van der Waals surface area contributed by atoms with Crippen molar-refractivity contribution in [1.29, 1.82) is 5.26 Å². The maximum absolute atomic E-state index is 13.8. The lowest BCUT2D eigenvalue weighted by Gasteiger charge is -2.38. The number of hydrogen-bond donors (Lipinski definition) is 2. The number of likely N-dealkylation sites (tertiary alicyclic amines) is 1. The molecule has 2 saturated carbocycles. The number of hydrogen-bond acceptors (Lipinski definition) is 6. The van der Waals surface area contributed by atoms with Crippen molar-refractivity contribution in [2.24, 2.45) is 10.9 Å². The van der Waals surface area contributed by atoms with E-state index >= 15 is 0 Å². The number of piperidine rings is 1. The number of carbonyl (C=O) groups excluding carboxylic acids is 2. The highest BCUT2D eigenvalue weighted by Gasteiger charge is 2.38. The summed E-state index contributed by atoms with van der Waals surface area (Å²) in [6, 6.07) is 1.81. The summed E-state index contributed by atoms with van der Waals surface area (Å²) in [5.41, 5.74) is -0.869. The van der Waals surface area contributed by atoms with Gasteiger partial charge in [0.15, 0.2) is 0 Å². The van der Waals surface area contributed by atoms with E-state index in [0.29, 0.717) is 57.4 Å². The largest absolute Gasteiger partial charge is 0.445 e. The summed E-state index contributed by atoms with van der Waals surface area (Å²) in [4.78, 5) is 35.2. The standard InChI is InChI=1S/C28H46N6O4/c1-33-14-12-28(21-29,13-15-33)32-25(35)24(20-22-8-4-2-5-9-22)30-26(34-16-18-37-19-17-34)31-27(36)38-23-10-6-3-7-11-23/h22-24H,2-20H2,1H3,(H,32,35)(H,30,31,36). The highest BCUT2D eigenvalue weighted by molar-refractivity contribution is 5.94. The molecule has 2 amide bonds. The minimum absolute atomic E-state index is 0.0906. The van der Waals surface area contributed by atoms with Gasteiger partial charge in [0.1, 0.15) is 17.7 Å². The Kier molecular flexibility index (Phi) is 10.6. The second-order valence-corrected chi connectivity index (χ2v) is 11.6. The number of carbonyl (C=O) groups is 2. The first-order valence-corrected chi connectivity index (χ1v) is 14.8. The summed E-state index contributed by atoms with van der Waals surface area (Å²) in [5, 5.41) is 16.5. The Labute approximate surface area is 227 Å². The molecule has 0 bridgehead atoms. The Bertz CT molecular complexity index is 848. The summed E-state index contributed by atoms with van der Waals surface area (Å²) in [6.07, 6.45) is 12.0. The Morgan fingerprint density at radius 1 is 1.03 bits per heavy atom. The van der Waals surface area contributed by atoms with Crippen LogP contribution >= 0.6 is 0 Å². The van der Waals surface area contributed by atoms with Gasteiger partial charge in [-0.1, -0.05) is 38.5 Å². The van der Waals surface area contributed by atoms with Gasteiger partial charge >= 0.3 is 6.09 Å². The average molecular weight is 531 g/mol. The molecule has 4 rings (SSSR count). The summed E-state index contributed by atoms with van der Waals surface area (Å²) in [6.45, 7) is 3.75. The van der Waals surface area contributed by atoms with Crippen molar-refractivity contribution in [2.45, 2.75) is 101 Å². The molecule has 10 nitrogen and oxygen atoms in total. The molecule has 0 aromatic carbocycles. The minimum atomic E-state index is -0.869. The van der Waals surface area contributed by atoms with Crippen LogP contribution in [0.2, 0.25) is 0 Å². The summed E-state index contributed by atoms with van der Waals surface area (Å²) in [5.74, 6) is 0.602. The molecule has 4 fully saturated rings. The number of ether oxygens (including phenoxy) is 2. The van der Waals surface area contributed by atoms with E-state index < -0.39 is 17.7 Å². The number of rotatable bonds is 6. The van der Waals surface area contributed by atoms with Crippen LogP contribution in [0.15, 0.2) is 4.99 Å². The minimum Gasteiger partial charge on any atom is -0.445 e. The molecule has 0 aromatic rings. The molecule has 2 heterocycles. The molecule has 2 aliphatic heterocycles. The van der Waals surface area contributed by atoms with Gasteiger partial charge in [-0.25, -0.2) is 4.79 Å². The molecule has 0 aromatic heterocycles. The monoisotopic (exact) mass is 530 g/mol. The van der Waals surface area contributed by atoms with Crippen LogP contribution in [-0.2, 0) is 14.3 Å². The van der Waals surface area contributed by atoms with E-state index in [1.54, 1.807) is 0 Å². The zero-order chi connectivity index (χ0) is 26.8. The third-order valence-electron chi connectivity index (χ3n) is 8.66. The molecule has 2 N–H and O–H groups in total. The fourth-order valence-corrected chi connectivity index (χ4v) is 6.14. The van der Waals surface area contributed by atoms with Crippen LogP contribution in [0, 0.1) is 17.2 Å². The van der Waals surface area contributed by atoms with Crippen LogP contribution in [0.1, 0.15) is 83.5 Å². The van der Waals surface area contributed by atoms with Crippen molar-refractivity contribution in [2.75, 3.05) is 46.4 Å². The molecule has 2 aliphatic carbocycles. The molecule has 2 saturated heterocycles. The van der Waals surface area contributed by atoms with E-state index in [9.17, 15) is 14.9 Å². The second kappa shape index (κ2) is 14.1. The molecule has 0 radical (unpaired) electrons. The maximum atomic E-state index is 13.8. The van der Waals surface area contributed by atoms with Crippen molar-refractivity contribution in [3.63, 3.8) is 0 Å². The lowest BCUT2D eigenvalue weighted by molar-refractivity contribution is -0.125. The van der Waals surface area contributed by atoms with Crippen LogP contribution in [0.25, 0.3) is 0 Å². The topological polar surface area (TPSA) is 119 Å². The highest BCUT2D eigenvalue weighted by atomic mass is 16.6. The summed E-state index contributed by atoms with van der Waals surface area (Å²) in [7, 11) is 2.04. The summed E-state index contributed by atoms with van der Waals surface area (Å²) < 4.78 is 11.2. The first kappa shape index (κ1) is 28.6. The quantitative estimate of drug-likeness (QED) is 0.397. The molecule has 212 valence electrons. The number of nitrogens with one attached hydrogen (secondary N) is 2. The van der Waals surface area contributed by atoms with Gasteiger partial charge in [-0.3, -0.25) is 4.79 Å². The zero-order valence-electron chi connectivity index (χ0n) is 23.1. The van der Waals surface area contributed by atoms with E-state index in [-0.39, 0.29) is 12.0 Å². The van der Waals surface area contributed by atoms with Crippen LogP contribution < -0.4 is 10.6 Å². The van der Waals surface area contributed by atoms with E-state index in [1.807, 2.05) is 11.9 Å². The predicted molar refractivity (Wildman–Crippen MR) is 145 cm³/mol. The SMILES string of the molecule is CN1CCC(C#N)(NC(=O)C(CC2CCCCC2)N/C(=N\C(=O)OC2CCCCC2)N2CCOCC2)CC1. The van der Waals surface area contributed by atoms with E-state index in [4.69, 9.17) is 9.47 Å². The first-order valence-electron chi connectivity index (χ1n) is 14.8. The number of nitriles is 1. The fraction of sp³-hybridized carbons (Fsp3) is 0.857. The molecular formula is C28H46N6O4. The molecule has 1 atom stereocenters. The van der Waals surface area contributed by atoms with Crippen molar-refractivity contribution < 1.29 is 19.1 Å². The van der Waals surface area contributed by atoms with E-state index in [0.717, 1.165) is 51.6 Å². The number of morpholine rings is 1. The third-order valence-corrected chi connectivity index (χ3v) is 8.66. The van der Waals surface area contributed by atoms with Crippen LogP contribution in [-0.4, -0.2) is 91.9 Å². The lowest BCUT2D eigenvalue weighted by Crippen LogP contribution is -2.60. The van der Waals surface area contributed by atoms with E-state index in [1.165, 1.54) is 25.7 Å². The molecular weight excluding hydrogens is 484 g/mol. The number of amides is 2. The Morgan fingerprint density at radius 3 is 2.29 bits per heavy atom. The van der Waals surface area contributed by atoms with Crippen LogP contribution in [0.3, 0.4) is 0 Å². The van der Waals surface area contributed by atoms with Crippen molar-refractivity contribution in [3.05, 3.63) is 0 Å². The first-order chi connectivity index (χ1) is 18.5. The molecule has 38 heavy (non-hydrogen) atoms. The Balaban J connectivity index is 1.51. The zero-order valence-corrected chi connectivity index (χ0v) is 23.1. The molecule has 10 heteroatoms. The normalized spacial score (nSPS) is 24.7. The van der Waals surface area contributed by atoms with Crippen molar-refractivity contribution in [3.8, 4) is 6.07 Å². The van der Waals surface area contributed by atoms with Crippen LogP contribution in [0.5, 0.6) is 0 Å². The van der Waals surface area contributed by atoms with Gasteiger partial charge in [-0.2, -0.15) is 5.26 Å². The molecule has 1 unspecified atom stereocenters. The number of guanidine groups is 1. The van der Waals surface area contributed by atoms with Gasteiger partial charge in [0.05, 0.1) is 19.3 Å². The predicted octanol–water partition coefficient (Wildman–Crippen LogP) is 3.18. The van der Waals surface area contributed by atoms with Gasteiger partial charge in [0, 0.05) is 26.2 Å². The number of nitrogens with zero attached hydrogens (tertiary/aromatic N) is 4. The van der Waals surface area contributed by atoms with Gasteiger partial charge in [-0.15, -0.1) is 4.99 Å². The fourth-order valence-electron chi connectivity index (χ4n) is 6.14. The molecule has 4 aliphatic rings. The lowest BCUT2D eigenvalue weighted by atomic mass is 9.84. The smallest absolute Gasteiger partial charge is 0.437 e. The molecule has 0 spiro atoms. The Morgan fingerprint density at radius 2 is 1.66 bits per heavy atom. The van der Waals surface area contributed by atoms with Crippen molar-refractivity contribution >= 4 is 18.0 Å². The Hall–Kier alpha value is -2.38. The third kappa shape index (κ3) is 8.31. The average Bonchev–Trinajstić information content (AvgIpc) is 2.95. The van der Waals surface area contributed by atoms with Gasteiger partial charge in [-0.05, 0) is 57.9 Å². The van der Waals surface area contributed by atoms with Gasteiger partial charge in [0.2, 0.25) is 11.9 Å². The van der Waals surface area contributed by atoms with Crippen molar-refractivity contribution in [1.82, 2.24) is 20.4 Å². The van der Waals surface area contributed by atoms with Gasteiger partial charge in [0.25, 0.3) is 0 Å². The van der Waals surface area contributed by atoms with Crippen LogP contribution in [0.4, 0.5) is 4.79 Å². The number of aliphatic imine (C=N–C) groups is 1. The second-order valence-electron chi connectivity index (χ2n) is 11.6. The summed E-state index contributed by atoms with van der Waals surface area (Å²) >= 11 is 0.